The number of hydrogen-bond acceptors (Lipinski definition) is 3. The van der Waals surface area contributed by atoms with Gasteiger partial charge < -0.3 is 15.6 Å². The minimum absolute atomic E-state index is 0.473. The van der Waals surface area contributed by atoms with Gasteiger partial charge in [0.15, 0.2) is 5.96 Å². The number of fused-ring (bicyclic) bond motifs is 1. The summed E-state index contributed by atoms with van der Waals surface area (Å²) < 4.78 is 2.19. The van der Waals surface area contributed by atoms with Crippen LogP contribution in [0.5, 0.6) is 0 Å². The van der Waals surface area contributed by atoms with Gasteiger partial charge in [0.2, 0.25) is 0 Å². The molecular weight excluding hydrogens is 288 g/mol. The second kappa shape index (κ2) is 6.40. The topological polar surface area (TPSA) is 81.1 Å². The lowest BCUT2D eigenvalue weighted by Gasteiger charge is -2.22. The summed E-state index contributed by atoms with van der Waals surface area (Å²) in [5.74, 6) is 3.03. The minimum Gasteiger partial charge on any atom is -0.370 e. The van der Waals surface area contributed by atoms with Crippen LogP contribution in [0.4, 0.5) is 5.69 Å². The number of nitrogens with two attached hydrogens (primary N) is 1. The van der Waals surface area contributed by atoms with E-state index in [4.69, 9.17) is 5.73 Å². The lowest BCUT2D eigenvalue weighted by atomic mass is 9.99. The number of aliphatic imine (C=N–C) groups is 1. The van der Waals surface area contributed by atoms with Crippen LogP contribution in [0.2, 0.25) is 0 Å². The van der Waals surface area contributed by atoms with Crippen molar-refractivity contribution in [2.24, 2.45) is 16.6 Å². The van der Waals surface area contributed by atoms with Crippen LogP contribution in [0.1, 0.15) is 29.2 Å². The van der Waals surface area contributed by atoms with Crippen LogP contribution < -0.4 is 11.1 Å². The molecule has 0 spiro atoms. The molecule has 0 amide bonds. The summed E-state index contributed by atoms with van der Waals surface area (Å²) in [7, 11) is 0. The molecule has 0 saturated heterocycles. The van der Waals surface area contributed by atoms with E-state index in [-0.39, 0.29) is 0 Å². The smallest absolute Gasteiger partial charge is 0.193 e. The monoisotopic (exact) mass is 312 g/mol. The molecule has 0 aliphatic carbocycles. The number of nitrogens with one attached hydrogen (secondary N) is 1. The molecule has 1 aromatic carbocycles. The van der Waals surface area contributed by atoms with Crippen molar-refractivity contribution in [3.63, 3.8) is 0 Å². The van der Waals surface area contributed by atoms with Crippen molar-refractivity contribution in [3.05, 3.63) is 41.0 Å². The molecule has 0 radical (unpaired) electrons. The van der Waals surface area contributed by atoms with E-state index >= 15 is 0 Å². The molecule has 23 heavy (non-hydrogen) atoms. The van der Waals surface area contributed by atoms with Gasteiger partial charge in [-0.1, -0.05) is 6.07 Å². The van der Waals surface area contributed by atoms with Crippen LogP contribution in [0.15, 0.2) is 23.2 Å². The molecule has 122 valence electrons. The van der Waals surface area contributed by atoms with Gasteiger partial charge in [0.25, 0.3) is 0 Å². The van der Waals surface area contributed by atoms with Gasteiger partial charge in [0.05, 0.1) is 0 Å². The minimum atomic E-state index is 0.473. The molecule has 6 nitrogen and oxygen atoms in total. The lowest BCUT2D eigenvalue weighted by Crippen LogP contribution is -2.27. The number of aryl methyl sites for hydroxylation is 4. The van der Waals surface area contributed by atoms with Gasteiger partial charge in [-0.2, -0.15) is 0 Å². The summed E-state index contributed by atoms with van der Waals surface area (Å²) in [6, 6.07) is 6.28. The van der Waals surface area contributed by atoms with Crippen LogP contribution in [-0.4, -0.2) is 27.3 Å². The molecular formula is C17H24N6. The van der Waals surface area contributed by atoms with Crippen molar-refractivity contribution in [1.29, 1.82) is 0 Å². The average molecular weight is 312 g/mol. The number of rotatable bonds is 3. The highest BCUT2D eigenvalue weighted by molar-refractivity contribution is 5.92. The summed E-state index contributed by atoms with van der Waals surface area (Å²) in [4.78, 5) is 4.52. The lowest BCUT2D eigenvalue weighted by molar-refractivity contribution is 0.370. The predicted molar refractivity (Wildman–Crippen MR) is 92.6 cm³/mol. The molecule has 1 aromatic heterocycles. The molecule has 2 heterocycles. The molecule has 3 N–H and O–H groups in total. The third kappa shape index (κ3) is 3.70. The summed E-state index contributed by atoms with van der Waals surface area (Å²) in [6.45, 7) is 7.80. The first kappa shape index (κ1) is 15.5. The van der Waals surface area contributed by atoms with E-state index in [0.29, 0.717) is 11.9 Å². The second-order valence-corrected chi connectivity index (χ2v) is 6.41. The van der Waals surface area contributed by atoms with E-state index in [9.17, 15) is 0 Å². The Morgan fingerprint density at radius 2 is 2.00 bits per heavy atom. The van der Waals surface area contributed by atoms with Crippen molar-refractivity contribution in [3.8, 4) is 0 Å². The van der Waals surface area contributed by atoms with E-state index in [1.54, 1.807) is 0 Å². The maximum absolute atomic E-state index is 6.03. The van der Waals surface area contributed by atoms with E-state index in [0.717, 1.165) is 43.3 Å². The molecule has 0 bridgehead atoms. The fraction of sp³-hybridized carbons (Fsp3) is 0.471. The fourth-order valence-electron chi connectivity index (χ4n) is 3.14. The summed E-state index contributed by atoms with van der Waals surface area (Å²) in [5, 5.41) is 11.5. The molecule has 0 fully saturated rings. The summed E-state index contributed by atoms with van der Waals surface area (Å²) in [5.41, 5.74) is 9.45. The Hall–Kier alpha value is -2.37. The van der Waals surface area contributed by atoms with Crippen LogP contribution in [0.25, 0.3) is 0 Å². The third-order valence-electron chi connectivity index (χ3n) is 4.24. The maximum Gasteiger partial charge on any atom is 0.193 e. The molecule has 3 rings (SSSR count). The van der Waals surface area contributed by atoms with Crippen LogP contribution >= 0.6 is 0 Å². The number of aromatic nitrogens is 3. The molecule has 0 saturated carbocycles. The quantitative estimate of drug-likeness (QED) is 0.672. The number of nitrogens with zero attached hydrogens (tertiary/aromatic N) is 4. The van der Waals surface area contributed by atoms with Gasteiger partial charge in [-0.15, -0.1) is 10.2 Å². The molecule has 1 aliphatic heterocycles. The number of guanidine groups is 1. The molecule has 1 aliphatic rings. The van der Waals surface area contributed by atoms with Crippen molar-refractivity contribution >= 4 is 11.6 Å². The Kier molecular flexibility index (Phi) is 4.32. The van der Waals surface area contributed by atoms with E-state index in [2.05, 4.69) is 57.1 Å². The average Bonchev–Trinajstić information content (AvgIpc) is 2.85. The van der Waals surface area contributed by atoms with E-state index in [1.165, 1.54) is 11.1 Å². The normalized spacial score (nSPS) is 17.9. The Morgan fingerprint density at radius 3 is 2.74 bits per heavy atom. The first-order chi connectivity index (χ1) is 11.0. The Bertz CT molecular complexity index is 710. The summed E-state index contributed by atoms with van der Waals surface area (Å²) in [6.07, 6.45) is 2.05. The molecule has 1 unspecified atom stereocenters. The van der Waals surface area contributed by atoms with Gasteiger partial charge in [0, 0.05) is 25.2 Å². The molecule has 6 heteroatoms. The first-order valence-electron chi connectivity index (χ1n) is 8.05. The van der Waals surface area contributed by atoms with E-state index in [1.807, 2.05) is 6.92 Å². The van der Waals surface area contributed by atoms with Crippen molar-refractivity contribution in [1.82, 2.24) is 14.8 Å². The first-order valence-corrected chi connectivity index (χ1v) is 8.05. The predicted octanol–water partition coefficient (Wildman–Crippen LogP) is 2.19. The van der Waals surface area contributed by atoms with Gasteiger partial charge in [-0.05, 0) is 56.4 Å². The zero-order valence-electron chi connectivity index (χ0n) is 14.0. The third-order valence-corrected chi connectivity index (χ3v) is 4.24. The van der Waals surface area contributed by atoms with Crippen molar-refractivity contribution in [2.45, 2.75) is 40.2 Å². The maximum atomic E-state index is 6.03. The number of hydrogen-bond donors (Lipinski definition) is 2. The zero-order chi connectivity index (χ0) is 16.4. The van der Waals surface area contributed by atoms with Crippen molar-refractivity contribution < 1.29 is 0 Å². The Labute approximate surface area is 136 Å². The highest BCUT2D eigenvalue weighted by Crippen LogP contribution is 2.20. The van der Waals surface area contributed by atoms with Gasteiger partial charge in [0.1, 0.15) is 11.6 Å². The number of benzene rings is 1. The van der Waals surface area contributed by atoms with Crippen LogP contribution in [0, 0.1) is 26.7 Å². The van der Waals surface area contributed by atoms with Crippen molar-refractivity contribution in [2.75, 3.05) is 11.9 Å². The molecule has 1 atom stereocenters. The second-order valence-electron chi connectivity index (χ2n) is 6.41. The van der Waals surface area contributed by atoms with Gasteiger partial charge in [-0.25, -0.2) is 0 Å². The fourth-order valence-corrected chi connectivity index (χ4v) is 3.14. The zero-order valence-corrected chi connectivity index (χ0v) is 14.0. The number of anilines is 1. The van der Waals surface area contributed by atoms with Gasteiger partial charge >= 0.3 is 0 Å². The van der Waals surface area contributed by atoms with Crippen LogP contribution in [0.3, 0.4) is 0 Å². The highest BCUT2D eigenvalue weighted by atomic mass is 15.3. The van der Waals surface area contributed by atoms with E-state index < -0.39 is 0 Å². The van der Waals surface area contributed by atoms with Crippen LogP contribution in [-0.2, 0) is 13.0 Å². The summed E-state index contributed by atoms with van der Waals surface area (Å²) >= 11 is 0. The Morgan fingerprint density at radius 1 is 1.26 bits per heavy atom. The SMILES string of the molecule is Cc1cc(C)cc(NC(N)=NCC2CCc3nnc(C)n3C2)c1. The Balaban J connectivity index is 1.60. The largest absolute Gasteiger partial charge is 0.370 e. The standard InChI is InChI=1S/C17H24N6/c1-11-6-12(2)8-15(7-11)20-17(18)19-9-14-4-5-16-22-21-13(3)23(16)10-14/h6-8,14H,4-5,9-10H2,1-3H3,(H3,18,19,20). The highest BCUT2D eigenvalue weighted by Gasteiger charge is 2.21. The molecule has 2 aromatic rings. The van der Waals surface area contributed by atoms with Gasteiger partial charge in [-0.3, -0.25) is 4.99 Å².